The number of methoxy groups -OCH3 is 2. The van der Waals surface area contributed by atoms with Crippen molar-refractivity contribution in [3.05, 3.63) is 46.2 Å². The van der Waals surface area contributed by atoms with Crippen molar-refractivity contribution in [3.63, 3.8) is 0 Å². The molecule has 1 aliphatic heterocycles. The Morgan fingerprint density at radius 1 is 1.15 bits per heavy atom. The van der Waals surface area contributed by atoms with Crippen LogP contribution in [0.5, 0.6) is 11.5 Å². The Hall–Kier alpha value is -2.40. The zero-order valence-corrected chi connectivity index (χ0v) is 20.8. The molecule has 1 fully saturated rings. The molecule has 1 amide bonds. The molecule has 0 aliphatic carbocycles. The predicted molar refractivity (Wildman–Crippen MR) is 128 cm³/mol. The summed E-state index contributed by atoms with van der Waals surface area (Å²) in [6.45, 7) is 2.76. The maximum Gasteiger partial charge on any atom is 0.266 e. The van der Waals surface area contributed by atoms with Gasteiger partial charge in [-0.25, -0.2) is 8.42 Å². The van der Waals surface area contributed by atoms with Crippen molar-refractivity contribution >= 4 is 49.1 Å². The van der Waals surface area contributed by atoms with Gasteiger partial charge in [0.15, 0.2) is 4.80 Å². The highest BCUT2D eigenvalue weighted by atomic mass is 35.5. The molecule has 1 atom stereocenters. The molecule has 176 valence electrons. The Morgan fingerprint density at radius 3 is 2.45 bits per heavy atom. The summed E-state index contributed by atoms with van der Waals surface area (Å²) in [7, 11) is -0.690. The lowest BCUT2D eigenvalue weighted by molar-refractivity contribution is -0.121. The van der Waals surface area contributed by atoms with Gasteiger partial charge >= 0.3 is 0 Å². The van der Waals surface area contributed by atoms with Crippen LogP contribution in [-0.2, 0) is 21.4 Å². The monoisotopic (exact) mass is 509 g/mol. The number of fused-ring (bicyclic) bond motifs is 1. The van der Waals surface area contributed by atoms with Crippen LogP contribution in [0.15, 0.2) is 46.3 Å². The van der Waals surface area contributed by atoms with Gasteiger partial charge in [0, 0.05) is 18.1 Å². The number of hydrogen-bond acceptors (Lipinski definition) is 6. The van der Waals surface area contributed by atoms with Crippen LogP contribution in [0.2, 0.25) is 5.02 Å². The maximum absolute atomic E-state index is 13.2. The fraction of sp³-hybridized carbons (Fsp3) is 0.364. The Kier molecular flexibility index (Phi) is 6.81. The van der Waals surface area contributed by atoms with Crippen molar-refractivity contribution in [3.8, 4) is 11.5 Å². The number of hydrogen-bond donors (Lipinski definition) is 0. The SMILES string of the molecule is CCn1c(=NC(=O)C2CCCN2S(=O)(=O)c2ccc(Cl)cc2)sc2c(OC)ccc(OC)c21. The molecule has 3 aromatic rings. The molecule has 1 saturated heterocycles. The summed E-state index contributed by atoms with van der Waals surface area (Å²) < 4.78 is 41.3. The number of carbonyl (C=O) groups is 1. The molecule has 4 rings (SSSR count). The number of carbonyl (C=O) groups excluding carboxylic acids is 1. The molecule has 33 heavy (non-hydrogen) atoms. The number of aromatic nitrogens is 1. The molecule has 1 aromatic heterocycles. The molecule has 0 N–H and O–H groups in total. The molecule has 0 bridgehead atoms. The number of ether oxygens (including phenoxy) is 2. The number of rotatable bonds is 6. The Balaban J connectivity index is 1.77. The number of amides is 1. The van der Waals surface area contributed by atoms with E-state index >= 15 is 0 Å². The zero-order valence-electron chi connectivity index (χ0n) is 18.4. The summed E-state index contributed by atoms with van der Waals surface area (Å²) in [4.78, 5) is 18.2. The van der Waals surface area contributed by atoms with Crippen molar-refractivity contribution in [1.82, 2.24) is 8.87 Å². The lowest BCUT2D eigenvalue weighted by Crippen LogP contribution is -2.40. The fourth-order valence-electron chi connectivity index (χ4n) is 4.02. The predicted octanol–water partition coefficient (Wildman–Crippen LogP) is 3.67. The van der Waals surface area contributed by atoms with Crippen molar-refractivity contribution in [2.75, 3.05) is 20.8 Å². The third-order valence-electron chi connectivity index (χ3n) is 5.62. The zero-order chi connectivity index (χ0) is 23.8. The van der Waals surface area contributed by atoms with Crippen LogP contribution in [-0.4, -0.2) is 50.0 Å². The van der Waals surface area contributed by atoms with Gasteiger partial charge in [0.25, 0.3) is 5.91 Å². The van der Waals surface area contributed by atoms with Gasteiger partial charge in [-0.2, -0.15) is 9.30 Å². The van der Waals surface area contributed by atoms with Crippen LogP contribution in [0, 0.1) is 0 Å². The van der Waals surface area contributed by atoms with E-state index in [1.807, 2.05) is 17.6 Å². The summed E-state index contributed by atoms with van der Waals surface area (Å²) in [5.74, 6) is 0.807. The first kappa shape index (κ1) is 23.7. The second kappa shape index (κ2) is 9.46. The number of nitrogens with zero attached hydrogens (tertiary/aromatic N) is 3. The van der Waals surface area contributed by atoms with E-state index in [4.69, 9.17) is 21.1 Å². The minimum atomic E-state index is -3.85. The smallest absolute Gasteiger partial charge is 0.266 e. The quantitative estimate of drug-likeness (QED) is 0.505. The lowest BCUT2D eigenvalue weighted by atomic mass is 10.2. The maximum atomic E-state index is 13.2. The topological polar surface area (TPSA) is 90.2 Å². The molecular formula is C22H24ClN3O5S2. The van der Waals surface area contributed by atoms with Crippen LogP contribution in [0.3, 0.4) is 0 Å². The van der Waals surface area contributed by atoms with E-state index in [0.29, 0.717) is 40.7 Å². The molecular weight excluding hydrogens is 486 g/mol. The second-order valence-corrected chi connectivity index (χ2v) is 10.8. The van der Waals surface area contributed by atoms with Crippen LogP contribution in [0.25, 0.3) is 10.2 Å². The largest absolute Gasteiger partial charge is 0.495 e. The average Bonchev–Trinajstić information content (AvgIpc) is 3.44. The van der Waals surface area contributed by atoms with Gasteiger partial charge in [-0.1, -0.05) is 22.9 Å². The van der Waals surface area contributed by atoms with E-state index in [9.17, 15) is 13.2 Å². The third-order valence-corrected chi connectivity index (χ3v) is 8.89. The number of thiazole rings is 1. The summed E-state index contributed by atoms with van der Waals surface area (Å²) in [6, 6.07) is 8.70. The van der Waals surface area contributed by atoms with Crippen LogP contribution in [0.4, 0.5) is 0 Å². The minimum Gasteiger partial charge on any atom is -0.495 e. The van der Waals surface area contributed by atoms with Gasteiger partial charge < -0.3 is 14.0 Å². The summed E-state index contributed by atoms with van der Waals surface area (Å²) in [6.07, 6.45) is 0.999. The molecule has 0 radical (unpaired) electrons. The number of sulfonamides is 1. The van der Waals surface area contributed by atoms with E-state index in [-0.39, 0.29) is 11.4 Å². The van der Waals surface area contributed by atoms with E-state index in [2.05, 4.69) is 4.99 Å². The minimum absolute atomic E-state index is 0.103. The first-order chi connectivity index (χ1) is 15.8. The molecule has 2 heterocycles. The molecule has 8 nitrogen and oxygen atoms in total. The fourth-order valence-corrected chi connectivity index (χ4v) is 7.00. The molecule has 11 heteroatoms. The van der Waals surface area contributed by atoms with E-state index in [1.54, 1.807) is 20.3 Å². The molecule has 1 unspecified atom stereocenters. The van der Waals surface area contributed by atoms with Crippen molar-refractivity contribution in [1.29, 1.82) is 0 Å². The Labute approximate surface area is 201 Å². The Morgan fingerprint density at radius 2 is 1.82 bits per heavy atom. The van der Waals surface area contributed by atoms with Crippen LogP contribution in [0.1, 0.15) is 19.8 Å². The van der Waals surface area contributed by atoms with Crippen molar-refractivity contribution in [2.45, 2.75) is 37.2 Å². The van der Waals surface area contributed by atoms with E-state index in [1.165, 1.54) is 39.9 Å². The normalized spacial score (nSPS) is 17.6. The van der Waals surface area contributed by atoms with Crippen molar-refractivity contribution < 1.29 is 22.7 Å². The third kappa shape index (κ3) is 4.28. The second-order valence-electron chi connectivity index (χ2n) is 7.45. The lowest BCUT2D eigenvalue weighted by Gasteiger charge is -2.21. The summed E-state index contributed by atoms with van der Waals surface area (Å²) in [5.41, 5.74) is 0.785. The first-order valence-electron chi connectivity index (χ1n) is 10.4. The summed E-state index contributed by atoms with van der Waals surface area (Å²) >= 11 is 7.21. The standard InChI is InChI=1S/C22H24ClN3O5S2/c1-4-25-19-17(30-2)11-12-18(31-3)20(19)32-22(25)24-21(27)16-6-5-13-26(16)33(28,29)15-9-7-14(23)8-10-15/h7-12,16H,4-6,13H2,1-3H3. The number of benzene rings is 2. The molecule has 0 saturated carbocycles. The molecule has 1 aliphatic rings. The highest BCUT2D eigenvalue weighted by Gasteiger charge is 2.39. The van der Waals surface area contributed by atoms with Crippen LogP contribution >= 0.6 is 22.9 Å². The van der Waals surface area contributed by atoms with E-state index in [0.717, 1.165) is 10.2 Å². The van der Waals surface area contributed by atoms with Gasteiger partial charge in [0.05, 0.1) is 19.1 Å². The number of halogens is 1. The van der Waals surface area contributed by atoms with Gasteiger partial charge in [-0.3, -0.25) is 4.79 Å². The molecule has 0 spiro atoms. The van der Waals surface area contributed by atoms with Crippen molar-refractivity contribution in [2.24, 2.45) is 4.99 Å². The highest BCUT2D eigenvalue weighted by Crippen LogP contribution is 2.35. The number of aryl methyl sites for hydroxylation is 1. The highest BCUT2D eigenvalue weighted by molar-refractivity contribution is 7.89. The summed E-state index contributed by atoms with van der Waals surface area (Å²) in [5, 5.41) is 0.442. The van der Waals surface area contributed by atoms with Crippen LogP contribution < -0.4 is 14.3 Å². The average molecular weight is 510 g/mol. The molecule has 2 aromatic carbocycles. The first-order valence-corrected chi connectivity index (χ1v) is 13.1. The van der Waals surface area contributed by atoms with Gasteiger partial charge in [0.1, 0.15) is 27.8 Å². The van der Waals surface area contributed by atoms with Gasteiger partial charge in [-0.15, -0.1) is 0 Å². The van der Waals surface area contributed by atoms with Gasteiger partial charge in [-0.05, 0) is 56.2 Å². The Bertz CT molecular complexity index is 1360. The van der Waals surface area contributed by atoms with E-state index < -0.39 is 22.0 Å². The van der Waals surface area contributed by atoms with Gasteiger partial charge in [0.2, 0.25) is 10.0 Å².